The fourth-order valence-electron chi connectivity index (χ4n) is 3.03. The molecule has 1 aromatic heterocycles. The Kier molecular flexibility index (Phi) is 11.0. The van der Waals surface area contributed by atoms with E-state index in [0.29, 0.717) is 12.0 Å². The van der Waals surface area contributed by atoms with E-state index in [2.05, 4.69) is 52.7 Å². The van der Waals surface area contributed by atoms with Crippen LogP contribution in [0.1, 0.15) is 30.7 Å². The molecule has 1 saturated heterocycles. The number of nitrogens with one attached hydrogen (secondary N) is 2. The molecule has 0 amide bonds. The Bertz CT molecular complexity index is 515. The van der Waals surface area contributed by atoms with Crippen LogP contribution in [0.3, 0.4) is 0 Å². The van der Waals surface area contributed by atoms with Gasteiger partial charge in [-0.05, 0) is 36.3 Å². The van der Waals surface area contributed by atoms with Gasteiger partial charge in [-0.25, -0.2) is 0 Å². The number of morpholine rings is 1. The summed E-state index contributed by atoms with van der Waals surface area (Å²) in [7, 11) is 1.84. The Balaban J connectivity index is 0.00000312. The van der Waals surface area contributed by atoms with Crippen molar-refractivity contribution in [2.24, 2.45) is 10.9 Å². The highest BCUT2D eigenvalue weighted by Gasteiger charge is 2.22. The van der Waals surface area contributed by atoms with Crippen LogP contribution in [0.25, 0.3) is 0 Å². The molecule has 1 fully saturated rings. The van der Waals surface area contributed by atoms with Gasteiger partial charge in [-0.1, -0.05) is 13.8 Å². The van der Waals surface area contributed by atoms with Crippen molar-refractivity contribution >= 4 is 41.3 Å². The van der Waals surface area contributed by atoms with Crippen molar-refractivity contribution in [3.63, 3.8) is 0 Å². The smallest absolute Gasteiger partial charge is 0.191 e. The number of hydrogen-bond acceptors (Lipinski definition) is 4. The lowest BCUT2D eigenvalue weighted by Crippen LogP contribution is -2.50. The van der Waals surface area contributed by atoms with Gasteiger partial charge < -0.3 is 15.4 Å². The number of nitrogens with zero attached hydrogens (tertiary/aromatic N) is 2. The van der Waals surface area contributed by atoms with E-state index in [0.717, 1.165) is 45.4 Å². The first-order chi connectivity index (χ1) is 11.6. The van der Waals surface area contributed by atoms with Crippen LogP contribution in [0.2, 0.25) is 0 Å². The maximum atomic E-state index is 5.50. The molecular weight excluding hydrogens is 447 g/mol. The van der Waals surface area contributed by atoms with Crippen LogP contribution in [0.4, 0.5) is 0 Å². The van der Waals surface area contributed by atoms with Crippen molar-refractivity contribution in [1.82, 2.24) is 15.5 Å². The van der Waals surface area contributed by atoms with Crippen molar-refractivity contribution in [3.05, 3.63) is 21.9 Å². The number of halogens is 1. The predicted octanol–water partition coefficient (Wildman–Crippen LogP) is 3.09. The lowest BCUT2D eigenvalue weighted by molar-refractivity contribution is 0.0132. The van der Waals surface area contributed by atoms with E-state index in [1.54, 1.807) is 11.3 Å². The van der Waals surface area contributed by atoms with Crippen LogP contribution in [0.15, 0.2) is 16.4 Å². The van der Waals surface area contributed by atoms with Crippen LogP contribution in [0, 0.1) is 12.8 Å². The van der Waals surface area contributed by atoms with E-state index in [-0.39, 0.29) is 24.0 Å². The molecule has 25 heavy (non-hydrogen) atoms. The average Bonchev–Trinajstić information content (AvgIpc) is 2.99. The number of rotatable bonds is 7. The Morgan fingerprint density at radius 3 is 2.60 bits per heavy atom. The van der Waals surface area contributed by atoms with Gasteiger partial charge in [0, 0.05) is 37.6 Å². The number of ether oxygens (including phenoxy) is 1. The van der Waals surface area contributed by atoms with Gasteiger partial charge in [-0.15, -0.1) is 35.3 Å². The highest BCUT2D eigenvalue weighted by molar-refractivity contribution is 14.0. The molecule has 0 aliphatic carbocycles. The Morgan fingerprint density at radius 2 is 2.04 bits per heavy atom. The molecule has 1 atom stereocenters. The molecule has 1 unspecified atom stereocenters. The first-order valence-corrected chi connectivity index (χ1v) is 9.77. The third-order valence-corrected chi connectivity index (χ3v) is 5.44. The lowest BCUT2D eigenvalue weighted by atomic mass is 10.0. The molecule has 144 valence electrons. The van der Waals surface area contributed by atoms with Gasteiger partial charge in [0.2, 0.25) is 0 Å². The number of guanidine groups is 1. The molecule has 0 saturated carbocycles. The highest BCUT2D eigenvalue weighted by Crippen LogP contribution is 2.15. The highest BCUT2D eigenvalue weighted by atomic mass is 127. The van der Waals surface area contributed by atoms with Gasteiger partial charge in [-0.2, -0.15) is 0 Å². The molecule has 0 aromatic carbocycles. The average molecular weight is 480 g/mol. The van der Waals surface area contributed by atoms with Gasteiger partial charge in [0.15, 0.2) is 5.96 Å². The number of aryl methyl sites for hydroxylation is 1. The molecular formula is C18H33IN4OS. The summed E-state index contributed by atoms with van der Waals surface area (Å²) < 4.78 is 5.50. The predicted molar refractivity (Wildman–Crippen MR) is 118 cm³/mol. The van der Waals surface area contributed by atoms with Crippen molar-refractivity contribution in [3.8, 4) is 0 Å². The van der Waals surface area contributed by atoms with Gasteiger partial charge in [0.1, 0.15) is 0 Å². The molecule has 7 heteroatoms. The maximum Gasteiger partial charge on any atom is 0.191 e. The van der Waals surface area contributed by atoms with Gasteiger partial charge in [-0.3, -0.25) is 9.89 Å². The van der Waals surface area contributed by atoms with Crippen LogP contribution < -0.4 is 10.6 Å². The van der Waals surface area contributed by atoms with E-state index in [9.17, 15) is 0 Å². The Labute approximate surface area is 173 Å². The minimum absolute atomic E-state index is 0. The number of thiophene rings is 1. The third kappa shape index (κ3) is 7.80. The standard InChI is InChI=1S/C18H32N4OS.HI/c1-14(2)11-16(22-6-8-23-9-7-22)12-20-18(19-4)21-13-17-15(3)5-10-24-17;/h5,10,14,16H,6-9,11-13H2,1-4H3,(H2,19,20,21);1H. The van der Waals surface area contributed by atoms with Crippen LogP contribution in [-0.2, 0) is 11.3 Å². The van der Waals surface area contributed by atoms with E-state index < -0.39 is 0 Å². The summed E-state index contributed by atoms with van der Waals surface area (Å²) in [5.41, 5.74) is 1.34. The molecule has 1 aliphatic heterocycles. The summed E-state index contributed by atoms with van der Waals surface area (Å²) in [5, 5.41) is 9.08. The van der Waals surface area contributed by atoms with E-state index >= 15 is 0 Å². The normalized spacial score (nSPS) is 17.2. The quantitative estimate of drug-likeness (QED) is 0.358. The molecule has 0 bridgehead atoms. The Morgan fingerprint density at radius 1 is 1.32 bits per heavy atom. The zero-order valence-electron chi connectivity index (χ0n) is 15.9. The molecule has 0 spiro atoms. The van der Waals surface area contributed by atoms with Gasteiger partial charge in [0.25, 0.3) is 0 Å². The molecule has 5 nitrogen and oxygen atoms in total. The topological polar surface area (TPSA) is 48.9 Å². The zero-order chi connectivity index (χ0) is 17.4. The second-order valence-corrected chi connectivity index (χ2v) is 7.77. The number of hydrogen-bond donors (Lipinski definition) is 2. The summed E-state index contributed by atoms with van der Waals surface area (Å²) >= 11 is 1.79. The molecule has 0 radical (unpaired) electrons. The minimum atomic E-state index is 0. The SMILES string of the molecule is CN=C(NCc1sccc1C)NCC(CC(C)C)N1CCOCC1.I. The van der Waals surface area contributed by atoms with Crippen LogP contribution >= 0.6 is 35.3 Å². The maximum absolute atomic E-state index is 5.50. The van der Waals surface area contributed by atoms with Crippen molar-refractivity contribution in [2.45, 2.75) is 39.8 Å². The summed E-state index contributed by atoms with van der Waals surface area (Å²) in [6.45, 7) is 12.2. The van der Waals surface area contributed by atoms with Crippen molar-refractivity contribution in [2.75, 3.05) is 39.9 Å². The summed E-state index contributed by atoms with van der Waals surface area (Å²) in [6, 6.07) is 2.69. The minimum Gasteiger partial charge on any atom is -0.379 e. The summed E-state index contributed by atoms with van der Waals surface area (Å²) in [6.07, 6.45) is 1.19. The molecule has 1 aliphatic rings. The first-order valence-electron chi connectivity index (χ1n) is 8.89. The first kappa shape index (κ1) is 22.7. The number of aliphatic imine (C=N–C) groups is 1. The second-order valence-electron chi connectivity index (χ2n) is 6.77. The fraction of sp³-hybridized carbons (Fsp3) is 0.722. The van der Waals surface area contributed by atoms with Gasteiger partial charge in [0.05, 0.1) is 19.8 Å². The lowest BCUT2D eigenvalue weighted by Gasteiger charge is -2.35. The third-order valence-electron chi connectivity index (χ3n) is 4.42. The molecule has 2 N–H and O–H groups in total. The van der Waals surface area contributed by atoms with E-state index in [1.807, 2.05) is 7.05 Å². The summed E-state index contributed by atoms with van der Waals surface area (Å²) in [4.78, 5) is 8.28. The zero-order valence-corrected chi connectivity index (χ0v) is 19.0. The molecule has 1 aromatic rings. The molecule has 2 heterocycles. The summed E-state index contributed by atoms with van der Waals surface area (Å²) in [5.74, 6) is 1.56. The molecule has 2 rings (SSSR count). The second kappa shape index (κ2) is 12.1. The van der Waals surface area contributed by atoms with E-state index in [1.165, 1.54) is 16.9 Å². The monoisotopic (exact) mass is 480 g/mol. The van der Waals surface area contributed by atoms with Crippen LogP contribution in [0.5, 0.6) is 0 Å². The van der Waals surface area contributed by atoms with Crippen molar-refractivity contribution in [1.29, 1.82) is 0 Å². The fourth-order valence-corrected chi connectivity index (χ4v) is 3.88. The van der Waals surface area contributed by atoms with Gasteiger partial charge >= 0.3 is 0 Å². The Hall–Kier alpha value is -0.380. The van der Waals surface area contributed by atoms with Crippen molar-refractivity contribution < 1.29 is 4.74 Å². The van der Waals surface area contributed by atoms with E-state index in [4.69, 9.17) is 4.74 Å². The largest absolute Gasteiger partial charge is 0.379 e. The van der Waals surface area contributed by atoms with Crippen LogP contribution in [-0.4, -0.2) is 56.8 Å².